The van der Waals surface area contributed by atoms with Crippen molar-refractivity contribution in [1.82, 2.24) is 10.2 Å². The number of esters is 3. The van der Waals surface area contributed by atoms with Crippen LogP contribution in [0, 0.1) is 5.41 Å². The van der Waals surface area contributed by atoms with E-state index in [1.165, 1.54) is 33.0 Å². The Morgan fingerprint density at radius 3 is 2.36 bits per heavy atom. The van der Waals surface area contributed by atoms with Crippen LogP contribution >= 0.6 is 0 Å². The number of ether oxygens (including phenoxy) is 5. The SMILES string of the molecule is C=CC(=O)OCC(C)(C)C(=O)C(=O)N1CCNC[C@H]1C(=O)O[C@H](CCc1ccc(OC)c(OC)c1)c1cccc(NC(=O)CCC(=O)OC(C)(C)C)c1. The predicted octanol–water partition coefficient (Wildman–Crippen LogP) is 4.11. The van der Waals surface area contributed by atoms with Crippen LogP contribution in [-0.2, 0) is 49.4 Å². The number of carbonyl (C=O) groups excluding carboxylic acids is 6. The van der Waals surface area contributed by atoms with E-state index >= 15 is 0 Å². The molecule has 0 unspecified atom stereocenters. The summed E-state index contributed by atoms with van der Waals surface area (Å²) < 4.78 is 27.3. The van der Waals surface area contributed by atoms with Crippen molar-refractivity contribution in [3.05, 3.63) is 66.2 Å². The summed E-state index contributed by atoms with van der Waals surface area (Å²) in [5.74, 6) is -3.00. The van der Waals surface area contributed by atoms with Gasteiger partial charge < -0.3 is 39.2 Å². The van der Waals surface area contributed by atoms with Crippen LogP contribution in [0.4, 0.5) is 5.69 Å². The topological polar surface area (TPSA) is 176 Å². The molecule has 1 aliphatic heterocycles. The van der Waals surface area contributed by atoms with Gasteiger partial charge in [0.05, 0.1) is 26.1 Å². The van der Waals surface area contributed by atoms with Gasteiger partial charge in [-0.15, -0.1) is 0 Å². The molecule has 3 rings (SSSR count). The maximum absolute atomic E-state index is 13.9. The van der Waals surface area contributed by atoms with E-state index in [1.807, 2.05) is 12.1 Å². The average Bonchev–Trinajstić information content (AvgIpc) is 3.13. The van der Waals surface area contributed by atoms with Gasteiger partial charge in [0.25, 0.3) is 5.91 Å². The molecule has 0 aliphatic carbocycles. The van der Waals surface area contributed by atoms with E-state index in [0.29, 0.717) is 42.1 Å². The summed E-state index contributed by atoms with van der Waals surface area (Å²) in [5.41, 5.74) is -0.181. The van der Waals surface area contributed by atoms with Crippen LogP contribution < -0.4 is 20.1 Å². The van der Waals surface area contributed by atoms with E-state index in [4.69, 9.17) is 23.7 Å². The molecule has 0 spiro atoms. The molecule has 1 saturated heterocycles. The third-order valence-corrected chi connectivity index (χ3v) is 8.25. The Kier molecular flexibility index (Phi) is 15.1. The minimum Gasteiger partial charge on any atom is -0.493 e. The van der Waals surface area contributed by atoms with E-state index in [0.717, 1.165) is 11.6 Å². The van der Waals surface area contributed by atoms with Crippen LogP contribution in [0.3, 0.4) is 0 Å². The molecule has 2 N–H and O–H groups in total. The van der Waals surface area contributed by atoms with Crippen molar-refractivity contribution in [2.24, 2.45) is 5.41 Å². The Morgan fingerprint density at radius 2 is 1.70 bits per heavy atom. The molecular weight excluding hydrogens is 686 g/mol. The summed E-state index contributed by atoms with van der Waals surface area (Å²) in [7, 11) is 3.07. The van der Waals surface area contributed by atoms with Crippen molar-refractivity contribution >= 4 is 41.2 Å². The molecule has 1 aliphatic rings. The fourth-order valence-electron chi connectivity index (χ4n) is 5.45. The van der Waals surface area contributed by atoms with Crippen LogP contribution in [0.2, 0.25) is 0 Å². The lowest BCUT2D eigenvalue weighted by molar-refractivity contribution is -0.164. The Morgan fingerprint density at radius 1 is 0.981 bits per heavy atom. The maximum atomic E-state index is 13.9. The number of benzene rings is 2. The molecule has 14 heteroatoms. The molecule has 0 saturated carbocycles. The first kappa shape index (κ1) is 42.2. The fourth-order valence-corrected chi connectivity index (χ4v) is 5.45. The Hall–Kier alpha value is -5.24. The second-order valence-electron chi connectivity index (χ2n) is 14.2. The minimum absolute atomic E-state index is 0.0415. The molecule has 2 amide bonds. The van der Waals surface area contributed by atoms with Crippen LogP contribution in [0.1, 0.15) is 71.1 Å². The monoisotopic (exact) mass is 737 g/mol. The summed E-state index contributed by atoms with van der Waals surface area (Å²) in [6.07, 6.45) is 0.653. The molecule has 0 radical (unpaired) electrons. The first-order valence-corrected chi connectivity index (χ1v) is 17.4. The summed E-state index contributed by atoms with van der Waals surface area (Å²) in [6.45, 7) is 11.6. The number of nitrogens with zero attached hydrogens (tertiary/aromatic N) is 1. The summed E-state index contributed by atoms with van der Waals surface area (Å²) in [5, 5.41) is 5.88. The number of carbonyl (C=O) groups is 6. The van der Waals surface area contributed by atoms with Gasteiger partial charge in [0, 0.05) is 37.8 Å². The van der Waals surface area contributed by atoms with Crippen molar-refractivity contribution < 1.29 is 52.5 Å². The van der Waals surface area contributed by atoms with Gasteiger partial charge in [-0.1, -0.05) is 24.8 Å². The zero-order chi connectivity index (χ0) is 39.3. The highest BCUT2D eigenvalue weighted by molar-refractivity contribution is 6.38. The number of nitrogens with one attached hydrogen (secondary N) is 2. The van der Waals surface area contributed by atoms with E-state index in [1.54, 1.807) is 51.1 Å². The molecule has 0 bridgehead atoms. The third-order valence-electron chi connectivity index (χ3n) is 8.25. The standard InChI is InChI=1S/C39H51N3O11/c1-9-33(44)51-24-39(5,6)35(46)36(47)42-20-19-40-23-28(42)37(48)52-29(15-13-25-14-16-30(49-7)31(21-25)50-8)26-11-10-12-27(22-26)41-32(43)17-18-34(45)53-38(2,3)4/h9-12,14,16,21-22,28-29,40H,1,13,15,17-20,23-24H2,2-8H3,(H,41,43)/t28-,29+/m0/s1. The van der Waals surface area contributed by atoms with Crippen molar-refractivity contribution in [3.8, 4) is 11.5 Å². The number of amides is 2. The number of methoxy groups -OCH3 is 2. The second kappa shape index (κ2) is 19.0. The van der Waals surface area contributed by atoms with Crippen LogP contribution in [-0.4, -0.2) is 92.5 Å². The molecule has 1 heterocycles. The molecule has 2 atom stereocenters. The lowest BCUT2D eigenvalue weighted by atomic mass is 9.88. The van der Waals surface area contributed by atoms with E-state index < -0.39 is 58.7 Å². The highest BCUT2D eigenvalue weighted by atomic mass is 16.6. The zero-order valence-electron chi connectivity index (χ0n) is 31.6. The Balaban J connectivity index is 1.84. The molecule has 0 aromatic heterocycles. The number of rotatable bonds is 17. The first-order chi connectivity index (χ1) is 25.0. The molecular formula is C39H51N3O11. The molecule has 53 heavy (non-hydrogen) atoms. The number of hydrogen-bond acceptors (Lipinski definition) is 12. The van der Waals surface area contributed by atoms with E-state index in [2.05, 4.69) is 17.2 Å². The van der Waals surface area contributed by atoms with Gasteiger partial charge >= 0.3 is 17.9 Å². The Labute approximate surface area is 310 Å². The van der Waals surface area contributed by atoms with Gasteiger partial charge in [-0.2, -0.15) is 0 Å². The highest BCUT2D eigenvalue weighted by Crippen LogP contribution is 2.31. The number of ketones is 1. The van der Waals surface area contributed by atoms with Crippen LogP contribution in [0.15, 0.2) is 55.1 Å². The number of piperazine rings is 1. The minimum atomic E-state index is -1.37. The van der Waals surface area contributed by atoms with Gasteiger partial charge in [0.15, 0.2) is 11.5 Å². The quantitative estimate of drug-likeness (QED) is 0.103. The van der Waals surface area contributed by atoms with E-state index in [9.17, 15) is 28.8 Å². The van der Waals surface area contributed by atoms with Crippen molar-refractivity contribution in [2.45, 2.75) is 78.0 Å². The summed E-state index contributed by atoms with van der Waals surface area (Å²) >= 11 is 0. The van der Waals surface area contributed by atoms with Crippen molar-refractivity contribution in [1.29, 1.82) is 0 Å². The first-order valence-electron chi connectivity index (χ1n) is 17.4. The van der Waals surface area contributed by atoms with Gasteiger partial charge in [-0.3, -0.25) is 19.2 Å². The smallest absolute Gasteiger partial charge is 0.330 e. The third kappa shape index (κ3) is 12.7. The van der Waals surface area contributed by atoms with Crippen LogP contribution in [0.25, 0.3) is 0 Å². The second-order valence-corrected chi connectivity index (χ2v) is 14.2. The fraction of sp³-hybridized carbons (Fsp3) is 0.487. The number of anilines is 1. The average molecular weight is 738 g/mol. The lowest BCUT2D eigenvalue weighted by Gasteiger charge is -2.36. The highest BCUT2D eigenvalue weighted by Gasteiger charge is 2.42. The molecule has 1 fully saturated rings. The lowest BCUT2D eigenvalue weighted by Crippen LogP contribution is -2.60. The molecule has 14 nitrogen and oxygen atoms in total. The Bertz CT molecular complexity index is 1660. The largest absolute Gasteiger partial charge is 0.493 e. The zero-order valence-corrected chi connectivity index (χ0v) is 31.6. The molecule has 2 aromatic carbocycles. The van der Waals surface area contributed by atoms with Crippen LogP contribution in [0.5, 0.6) is 11.5 Å². The molecule has 2 aromatic rings. The van der Waals surface area contributed by atoms with Gasteiger partial charge in [-0.05, 0) is 82.9 Å². The van der Waals surface area contributed by atoms with Crippen molar-refractivity contribution in [2.75, 3.05) is 45.8 Å². The van der Waals surface area contributed by atoms with Gasteiger partial charge in [0.1, 0.15) is 24.4 Å². The van der Waals surface area contributed by atoms with Gasteiger partial charge in [-0.25, -0.2) is 9.59 Å². The molecule has 288 valence electrons. The number of Topliss-reactive ketones (excluding diaryl/α,β-unsaturated/α-hetero) is 1. The number of hydrogen-bond donors (Lipinski definition) is 2. The normalized spacial score (nSPS) is 15.0. The summed E-state index contributed by atoms with van der Waals surface area (Å²) in [6, 6.07) is 11.1. The number of aryl methyl sites for hydroxylation is 1. The van der Waals surface area contributed by atoms with Gasteiger partial charge in [0.2, 0.25) is 11.7 Å². The maximum Gasteiger partial charge on any atom is 0.330 e. The summed E-state index contributed by atoms with van der Waals surface area (Å²) in [4.78, 5) is 78.5. The van der Waals surface area contributed by atoms with E-state index in [-0.39, 0.29) is 32.5 Å². The van der Waals surface area contributed by atoms with Crippen molar-refractivity contribution in [3.63, 3.8) is 0 Å². The predicted molar refractivity (Wildman–Crippen MR) is 195 cm³/mol.